The zero-order valence-electron chi connectivity index (χ0n) is 45.2. The molecule has 1 spiro atoms. The van der Waals surface area contributed by atoms with E-state index in [1.165, 1.54) is 0 Å². The number of methoxy groups -OCH3 is 2. The van der Waals surface area contributed by atoms with Crippen LogP contribution in [-0.4, -0.2) is 144 Å². The van der Waals surface area contributed by atoms with E-state index in [-0.39, 0.29) is 72.1 Å². The van der Waals surface area contributed by atoms with E-state index < -0.39 is 74.7 Å². The summed E-state index contributed by atoms with van der Waals surface area (Å²) in [6.45, 7) is 27.9. The van der Waals surface area contributed by atoms with Crippen LogP contribution in [0, 0.1) is 23.7 Å². The largest absolute Gasteiger partial charge is 0.462 e. The maximum Gasteiger partial charge on any atom is 0.316 e. The van der Waals surface area contributed by atoms with Gasteiger partial charge in [0.25, 0.3) is 0 Å². The van der Waals surface area contributed by atoms with E-state index in [9.17, 15) is 9.90 Å². The fraction of sp³-hybridized carbons (Fsp3) is 0.800. The minimum Gasteiger partial charge on any atom is -0.462 e. The summed E-state index contributed by atoms with van der Waals surface area (Å²) in [5.74, 6) is -2.35. The molecule has 0 aromatic heterocycles. The summed E-state index contributed by atoms with van der Waals surface area (Å²) in [7, 11) is 2.97. The van der Waals surface area contributed by atoms with E-state index in [2.05, 4.69) is 92.0 Å². The number of nitrogens with one attached hydrogen (secondary N) is 1. The molecular formula is C55H89NO13Si. The fourth-order valence-electron chi connectivity index (χ4n) is 11.6. The van der Waals surface area contributed by atoms with Gasteiger partial charge >= 0.3 is 5.97 Å². The van der Waals surface area contributed by atoms with E-state index in [0.29, 0.717) is 37.7 Å². The van der Waals surface area contributed by atoms with Gasteiger partial charge in [0.05, 0.1) is 61.5 Å². The number of esters is 1. The molecule has 0 radical (unpaired) electrons. The molecular weight excluding hydrogens is 911 g/mol. The smallest absolute Gasteiger partial charge is 0.316 e. The van der Waals surface area contributed by atoms with Crippen LogP contribution in [0.5, 0.6) is 0 Å². The van der Waals surface area contributed by atoms with Gasteiger partial charge in [0.1, 0.15) is 29.8 Å². The van der Waals surface area contributed by atoms with Gasteiger partial charge in [0.2, 0.25) is 0 Å². The van der Waals surface area contributed by atoms with Crippen LogP contribution in [-0.2, 0) is 56.6 Å². The van der Waals surface area contributed by atoms with Crippen LogP contribution in [0.15, 0.2) is 59.3 Å². The predicted octanol–water partition coefficient (Wildman–Crippen LogP) is 8.63. The maximum absolute atomic E-state index is 14.9. The van der Waals surface area contributed by atoms with Crippen molar-refractivity contribution in [1.82, 2.24) is 5.32 Å². The number of allylic oxidation sites excluding steroid dienone is 2. The molecule has 396 valence electrons. The number of carbonyl (C=O) groups excluding carboxylic acids is 1. The highest BCUT2D eigenvalue weighted by atomic mass is 28.4. The molecule has 6 heterocycles. The quantitative estimate of drug-likeness (QED) is 0.116. The summed E-state index contributed by atoms with van der Waals surface area (Å²) < 4.78 is 72.9. The van der Waals surface area contributed by atoms with Gasteiger partial charge in [0, 0.05) is 51.7 Å². The highest BCUT2D eigenvalue weighted by molar-refractivity contribution is 6.74. The molecule has 70 heavy (non-hydrogen) atoms. The summed E-state index contributed by atoms with van der Waals surface area (Å²) in [6, 6.07) is 0.0456. The lowest BCUT2D eigenvalue weighted by Crippen LogP contribution is -2.60. The van der Waals surface area contributed by atoms with Gasteiger partial charge in [-0.2, -0.15) is 0 Å². The minimum atomic E-state index is -2.37. The predicted molar refractivity (Wildman–Crippen MR) is 270 cm³/mol. The molecule has 4 fully saturated rings. The van der Waals surface area contributed by atoms with Gasteiger partial charge in [-0.3, -0.25) is 4.79 Å². The highest BCUT2D eigenvalue weighted by Gasteiger charge is 2.62. The monoisotopic (exact) mass is 1000 g/mol. The van der Waals surface area contributed by atoms with Crippen molar-refractivity contribution in [2.45, 2.75) is 230 Å². The average molecular weight is 1000 g/mol. The van der Waals surface area contributed by atoms with Crippen molar-refractivity contribution in [2.75, 3.05) is 27.9 Å². The first kappa shape index (κ1) is 55.7. The third-order valence-electron chi connectivity index (χ3n) is 17.1. The van der Waals surface area contributed by atoms with Gasteiger partial charge in [-0.1, -0.05) is 91.3 Å². The van der Waals surface area contributed by atoms with Crippen LogP contribution >= 0.6 is 0 Å². The third-order valence-corrected chi connectivity index (χ3v) is 21.5. The molecule has 15 heteroatoms. The van der Waals surface area contributed by atoms with Crippen LogP contribution < -0.4 is 5.32 Å². The molecule has 0 amide bonds. The molecule has 1 aliphatic carbocycles. The van der Waals surface area contributed by atoms with Crippen molar-refractivity contribution in [2.24, 2.45) is 23.7 Å². The molecule has 0 aromatic rings. The first-order valence-corrected chi connectivity index (χ1v) is 29.2. The van der Waals surface area contributed by atoms with E-state index in [0.717, 1.165) is 17.6 Å². The molecule has 2 bridgehead atoms. The van der Waals surface area contributed by atoms with Crippen LogP contribution in [0.25, 0.3) is 0 Å². The van der Waals surface area contributed by atoms with E-state index in [1.54, 1.807) is 14.2 Å². The summed E-state index contributed by atoms with van der Waals surface area (Å²) in [5.41, 5.74) is 0.698. The number of fused-ring (bicyclic) bond motifs is 2. The minimum absolute atomic E-state index is 0.0456. The number of ether oxygens (including phenoxy) is 10. The highest BCUT2D eigenvalue weighted by Crippen LogP contribution is 2.50. The molecule has 20 atom stereocenters. The summed E-state index contributed by atoms with van der Waals surface area (Å²) in [4.78, 5) is 14.9. The molecule has 0 saturated carbocycles. The Morgan fingerprint density at radius 2 is 1.59 bits per heavy atom. The molecule has 6 aliphatic heterocycles. The Bertz CT molecular complexity index is 1960. The van der Waals surface area contributed by atoms with Gasteiger partial charge in [-0.15, -0.1) is 0 Å². The van der Waals surface area contributed by atoms with Gasteiger partial charge < -0.3 is 62.2 Å². The Kier molecular flexibility index (Phi) is 17.8. The van der Waals surface area contributed by atoms with Crippen molar-refractivity contribution >= 4 is 14.3 Å². The second-order valence-electron chi connectivity index (χ2n) is 23.1. The Labute approximate surface area is 420 Å². The normalized spacial score (nSPS) is 45.4. The van der Waals surface area contributed by atoms with Crippen molar-refractivity contribution in [3.05, 3.63) is 59.3 Å². The first-order valence-electron chi connectivity index (χ1n) is 26.3. The molecule has 2 N–H and O–H groups in total. The van der Waals surface area contributed by atoms with Gasteiger partial charge in [0.15, 0.2) is 26.7 Å². The topological polar surface area (TPSA) is 151 Å². The zero-order chi connectivity index (χ0) is 51.1. The van der Waals surface area contributed by atoms with E-state index >= 15 is 0 Å². The lowest BCUT2D eigenvalue weighted by atomic mass is 9.71. The summed E-state index contributed by atoms with van der Waals surface area (Å²) in [6.07, 6.45) is 12.2. The van der Waals surface area contributed by atoms with Crippen molar-refractivity contribution in [3.8, 4) is 0 Å². The Balaban J connectivity index is 1.22. The number of likely N-dealkylation sites (N-methyl/N-ethyl adjacent to an activating group) is 1. The van der Waals surface area contributed by atoms with E-state index in [4.69, 9.17) is 51.8 Å². The van der Waals surface area contributed by atoms with Crippen LogP contribution in [0.1, 0.15) is 115 Å². The third kappa shape index (κ3) is 11.6. The molecule has 4 saturated heterocycles. The Morgan fingerprint density at radius 3 is 2.26 bits per heavy atom. The first-order chi connectivity index (χ1) is 33.0. The van der Waals surface area contributed by atoms with Gasteiger partial charge in [-0.25, -0.2) is 0 Å². The Morgan fingerprint density at radius 1 is 0.900 bits per heavy atom. The molecule has 14 nitrogen and oxygen atoms in total. The van der Waals surface area contributed by atoms with Crippen molar-refractivity contribution < 1.29 is 61.7 Å². The average Bonchev–Trinajstić information content (AvgIpc) is 3.64. The maximum atomic E-state index is 14.9. The Hall–Kier alpha value is -2.09. The molecule has 0 unspecified atom stereocenters. The number of rotatable bonds is 11. The SMILES string of the molecule is CC[C@H](C)[C@H]1O[C@]2(C=C[C@@H]1C)C[C@@H]1C[C@@H](C/C=C(\C)[C@@H](O[C@H]3C[C@H](OC)[C@@H](O[C@H]4C[C@H](OC)[C@H](NC)[C@H](C)O4)[C@H](C)O3)[C@@H](C)/C=C/C=C3\CO[C@@H]4[C@H](O[Si](C)(C)C(C)(C)C)C(C)=C[C@@H](C(=O)O1)[C@]34O)O2. The van der Waals surface area contributed by atoms with Crippen LogP contribution in [0.3, 0.4) is 0 Å². The molecule has 7 rings (SSSR count). The van der Waals surface area contributed by atoms with Gasteiger partial charge in [-0.05, 0) is 88.0 Å². The standard InChI is InChI=1S/C55H89NO13Si/c1-17-31(2)48-34(5)23-24-54(68-48)29-40-26-39(67-54)22-21-33(4)47(65-45-28-43(60-14)50(37(8)63-45)66-44-27-42(59-13)46(56-12)36(7)62-44)32(3)19-18-20-38-30-61-51-49(69-70(15,16)53(9,10)11)35(6)25-41(52(57)64-40)55(38,51)58/h18-21,23-25,31-32,34,36-37,39-51,56,58H,17,22,26-30H2,1-16H3/b19-18+,33-21+,38-20+/t31-,32-,34-,36-,37-,39+,40-,41-,42-,43-,44-,45-,46+,47-,48+,49+,50-,51+,54+,55+/m0/s1. The lowest BCUT2D eigenvalue weighted by Gasteiger charge is -2.49. The summed E-state index contributed by atoms with van der Waals surface area (Å²) >= 11 is 0. The van der Waals surface area contributed by atoms with E-state index in [1.807, 2.05) is 52.1 Å². The van der Waals surface area contributed by atoms with Crippen LogP contribution in [0.4, 0.5) is 0 Å². The lowest BCUT2D eigenvalue weighted by molar-refractivity contribution is -0.312. The number of aliphatic hydroxyl groups is 1. The number of hydrogen-bond acceptors (Lipinski definition) is 14. The second kappa shape index (κ2) is 22.4. The van der Waals surface area contributed by atoms with Crippen molar-refractivity contribution in [1.29, 1.82) is 0 Å². The fourth-order valence-corrected chi connectivity index (χ4v) is 12.9. The zero-order valence-corrected chi connectivity index (χ0v) is 46.2. The van der Waals surface area contributed by atoms with Crippen LogP contribution in [0.2, 0.25) is 18.1 Å². The number of hydrogen-bond donors (Lipinski definition) is 2. The number of carbonyl (C=O) groups is 1. The van der Waals surface area contributed by atoms with Crippen molar-refractivity contribution in [3.63, 3.8) is 0 Å². The molecule has 0 aromatic carbocycles. The molecule has 7 aliphatic rings. The summed E-state index contributed by atoms with van der Waals surface area (Å²) in [5, 5.41) is 16.4. The second-order valence-corrected chi connectivity index (χ2v) is 27.9.